The van der Waals surface area contributed by atoms with Gasteiger partial charge in [-0.1, -0.05) is 16.8 Å². The van der Waals surface area contributed by atoms with Crippen molar-refractivity contribution < 1.29 is 9.32 Å². The first-order chi connectivity index (χ1) is 13.5. The first kappa shape index (κ1) is 18.7. The lowest BCUT2D eigenvalue weighted by molar-refractivity contribution is 0.182. The summed E-state index contributed by atoms with van der Waals surface area (Å²) in [6, 6.07) is 9.69. The molecular weight excluding hydrogens is 378 g/mol. The standard InChI is InChI=1S/C20H24ClN5O2/c1-13-8-19(24-28-13)26-7-3-4-17(12-26)25(2)20(27)22-11-16-10-14-9-15(21)5-6-18(14)23-16/h5-6,8-10,17,23H,3-4,7,11-12H2,1-2H3,(H,22,27)/t17-/m1/s1. The zero-order chi connectivity index (χ0) is 19.7. The summed E-state index contributed by atoms with van der Waals surface area (Å²) < 4.78 is 5.18. The molecule has 3 aromatic rings. The quantitative estimate of drug-likeness (QED) is 0.694. The number of aryl methyl sites for hydroxylation is 1. The van der Waals surface area contributed by atoms with Crippen LogP contribution < -0.4 is 10.2 Å². The number of H-pyrrole nitrogens is 1. The lowest BCUT2D eigenvalue weighted by Crippen LogP contribution is -2.51. The number of piperidine rings is 1. The number of carbonyl (C=O) groups excluding carboxylic acids is 1. The molecule has 28 heavy (non-hydrogen) atoms. The second kappa shape index (κ2) is 7.75. The minimum absolute atomic E-state index is 0.0835. The fourth-order valence-corrected chi connectivity index (χ4v) is 3.88. The monoisotopic (exact) mass is 401 g/mol. The van der Waals surface area contributed by atoms with Crippen LogP contribution in [0.3, 0.4) is 0 Å². The van der Waals surface area contributed by atoms with Crippen molar-refractivity contribution in [1.29, 1.82) is 0 Å². The summed E-state index contributed by atoms with van der Waals surface area (Å²) in [4.78, 5) is 19.9. The Balaban J connectivity index is 1.35. The molecule has 1 aromatic carbocycles. The van der Waals surface area contributed by atoms with E-state index in [2.05, 4.69) is 20.4 Å². The molecule has 0 bridgehead atoms. The predicted molar refractivity (Wildman–Crippen MR) is 110 cm³/mol. The molecule has 0 radical (unpaired) electrons. The van der Waals surface area contributed by atoms with Gasteiger partial charge in [0, 0.05) is 47.8 Å². The van der Waals surface area contributed by atoms with Gasteiger partial charge < -0.3 is 24.6 Å². The third kappa shape index (κ3) is 3.94. The second-order valence-electron chi connectivity index (χ2n) is 7.33. The lowest BCUT2D eigenvalue weighted by Gasteiger charge is -2.37. The number of fused-ring (bicyclic) bond motifs is 1. The summed E-state index contributed by atoms with van der Waals surface area (Å²) in [5.41, 5.74) is 1.95. The SMILES string of the molecule is Cc1cc(N2CCC[C@@H](N(C)C(=O)NCc3cc4cc(Cl)ccc4[nH]3)C2)no1. The zero-order valence-electron chi connectivity index (χ0n) is 16.0. The molecule has 2 aromatic heterocycles. The van der Waals surface area contributed by atoms with E-state index in [4.69, 9.17) is 16.1 Å². The number of amides is 2. The van der Waals surface area contributed by atoms with Crippen molar-refractivity contribution in [3.05, 3.63) is 46.8 Å². The average Bonchev–Trinajstić information content (AvgIpc) is 3.31. The molecule has 0 saturated carbocycles. The van der Waals surface area contributed by atoms with Gasteiger partial charge in [0.25, 0.3) is 0 Å². The van der Waals surface area contributed by atoms with Gasteiger partial charge in [0.05, 0.1) is 12.6 Å². The van der Waals surface area contributed by atoms with E-state index in [1.165, 1.54) is 0 Å². The Morgan fingerprint density at radius 3 is 3.07 bits per heavy atom. The number of likely N-dealkylation sites (N-methyl/N-ethyl adjacent to an activating group) is 1. The van der Waals surface area contributed by atoms with Crippen LogP contribution in [0.1, 0.15) is 24.3 Å². The molecule has 1 aliphatic heterocycles. The van der Waals surface area contributed by atoms with E-state index >= 15 is 0 Å². The summed E-state index contributed by atoms with van der Waals surface area (Å²) in [5.74, 6) is 1.63. The van der Waals surface area contributed by atoms with Gasteiger partial charge in [-0.05, 0) is 44.0 Å². The van der Waals surface area contributed by atoms with Crippen LogP contribution in [0.2, 0.25) is 5.02 Å². The predicted octanol–water partition coefficient (Wildman–Crippen LogP) is 3.93. The third-order valence-corrected chi connectivity index (χ3v) is 5.51. The third-order valence-electron chi connectivity index (χ3n) is 5.27. The summed E-state index contributed by atoms with van der Waals surface area (Å²) in [6.07, 6.45) is 1.99. The number of benzene rings is 1. The van der Waals surface area contributed by atoms with E-state index in [1.807, 2.05) is 44.3 Å². The summed E-state index contributed by atoms with van der Waals surface area (Å²) in [7, 11) is 1.85. The molecular formula is C20H24ClN5O2. The Morgan fingerprint density at radius 1 is 1.43 bits per heavy atom. The van der Waals surface area contributed by atoms with Crippen LogP contribution in [0, 0.1) is 6.92 Å². The molecule has 1 atom stereocenters. The number of carbonyl (C=O) groups is 1. The van der Waals surface area contributed by atoms with Crippen molar-refractivity contribution in [2.24, 2.45) is 0 Å². The van der Waals surface area contributed by atoms with Crippen LogP contribution in [0.25, 0.3) is 10.9 Å². The number of halogens is 1. The molecule has 1 aliphatic rings. The molecule has 0 spiro atoms. The van der Waals surface area contributed by atoms with E-state index in [0.717, 1.165) is 54.1 Å². The highest BCUT2D eigenvalue weighted by Crippen LogP contribution is 2.22. The Bertz CT molecular complexity index is 982. The molecule has 1 saturated heterocycles. The van der Waals surface area contributed by atoms with E-state index in [1.54, 1.807) is 4.90 Å². The first-order valence-corrected chi connectivity index (χ1v) is 9.83. The van der Waals surface area contributed by atoms with Crippen molar-refractivity contribution in [1.82, 2.24) is 20.4 Å². The van der Waals surface area contributed by atoms with Crippen molar-refractivity contribution in [3.8, 4) is 0 Å². The number of anilines is 1. The van der Waals surface area contributed by atoms with Gasteiger partial charge in [-0.2, -0.15) is 0 Å². The van der Waals surface area contributed by atoms with E-state index in [-0.39, 0.29) is 12.1 Å². The Hall–Kier alpha value is -2.67. The van der Waals surface area contributed by atoms with Gasteiger partial charge in [0.15, 0.2) is 5.82 Å². The normalized spacial score (nSPS) is 17.1. The van der Waals surface area contributed by atoms with Crippen LogP contribution >= 0.6 is 11.6 Å². The van der Waals surface area contributed by atoms with E-state index < -0.39 is 0 Å². The number of nitrogens with zero attached hydrogens (tertiary/aromatic N) is 3. The molecule has 0 aliphatic carbocycles. The Labute approximate surface area is 168 Å². The maximum Gasteiger partial charge on any atom is 0.317 e. The molecule has 4 rings (SSSR count). The molecule has 7 nitrogen and oxygen atoms in total. The van der Waals surface area contributed by atoms with Crippen LogP contribution in [-0.4, -0.2) is 47.3 Å². The highest BCUT2D eigenvalue weighted by atomic mass is 35.5. The van der Waals surface area contributed by atoms with Crippen molar-refractivity contribution in [2.45, 2.75) is 32.4 Å². The molecule has 8 heteroatoms. The van der Waals surface area contributed by atoms with Crippen LogP contribution in [0.4, 0.5) is 10.6 Å². The summed E-state index contributed by atoms with van der Waals surface area (Å²) in [6.45, 7) is 4.00. The number of nitrogens with one attached hydrogen (secondary N) is 2. The van der Waals surface area contributed by atoms with Gasteiger partial charge >= 0.3 is 6.03 Å². The lowest BCUT2D eigenvalue weighted by atomic mass is 10.0. The zero-order valence-corrected chi connectivity index (χ0v) is 16.8. The number of hydrogen-bond acceptors (Lipinski definition) is 4. The molecule has 3 heterocycles. The number of urea groups is 1. The Kier molecular flexibility index (Phi) is 5.17. The minimum Gasteiger partial charge on any atom is -0.360 e. The van der Waals surface area contributed by atoms with Gasteiger partial charge in [-0.25, -0.2) is 4.79 Å². The average molecular weight is 402 g/mol. The summed E-state index contributed by atoms with van der Waals surface area (Å²) >= 11 is 6.04. The second-order valence-corrected chi connectivity index (χ2v) is 7.77. The number of aromatic amines is 1. The fraction of sp³-hybridized carbons (Fsp3) is 0.400. The van der Waals surface area contributed by atoms with Gasteiger partial charge in [0.2, 0.25) is 0 Å². The van der Waals surface area contributed by atoms with Gasteiger partial charge in [0.1, 0.15) is 5.76 Å². The number of aromatic nitrogens is 2. The molecule has 1 fully saturated rings. The van der Waals surface area contributed by atoms with E-state index in [0.29, 0.717) is 11.6 Å². The highest BCUT2D eigenvalue weighted by Gasteiger charge is 2.27. The maximum atomic E-state index is 12.7. The van der Waals surface area contributed by atoms with Crippen molar-refractivity contribution in [3.63, 3.8) is 0 Å². The molecule has 2 amide bonds. The number of hydrogen-bond donors (Lipinski definition) is 2. The van der Waals surface area contributed by atoms with E-state index in [9.17, 15) is 4.79 Å². The van der Waals surface area contributed by atoms with Gasteiger partial charge in [-0.3, -0.25) is 0 Å². The minimum atomic E-state index is -0.0835. The van der Waals surface area contributed by atoms with Crippen molar-refractivity contribution >= 4 is 34.4 Å². The molecule has 0 unspecified atom stereocenters. The van der Waals surface area contributed by atoms with Crippen LogP contribution in [0.15, 0.2) is 34.9 Å². The topological polar surface area (TPSA) is 77.4 Å². The highest BCUT2D eigenvalue weighted by molar-refractivity contribution is 6.31. The van der Waals surface area contributed by atoms with Crippen LogP contribution in [-0.2, 0) is 6.54 Å². The fourth-order valence-electron chi connectivity index (χ4n) is 3.70. The Morgan fingerprint density at radius 2 is 2.29 bits per heavy atom. The smallest absolute Gasteiger partial charge is 0.317 e. The number of rotatable bonds is 4. The summed E-state index contributed by atoms with van der Waals surface area (Å²) in [5, 5.41) is 8.84. The molecule has 148 valence electrons. The van der Waals surface area contributed by atoms with Gasteiger partial charge in [-0.15, -0.1) is 0 Å². The van der Waals surface area contributed by atoms with Crippen LogP contribution in [0.5, 0.6) is 0 Å². The first-order valence-electron chi connectivity index (χ1n) is 9.45. The molecule has 2 N–H and O–H groups in total. The maximum absolute atomic E-state index is 12.7. The largest absolute Gasteiger partial charge is 0.360 e. The van der Waals surface area contributed by atoms with Crippen molar-refractivity contribution in [2.75, 3.05) is 25.0 Å².